The number of aldehydes is 1. The van der Waals surface area contributed by atoms with Gasteiger partial charge in [0.1, 0.15) is 25.9 Å². The molecule has 3 heterocycles. The summed E-state index contributed by atoms with van der Waals surface area (Å²) in [6.45, 7) is 8.01. The number of amides is 2. The van der Waals surface area contributed by atoms with Crippen LogP contribution in [0.1, 0.15) is 52.7 Å². The van der Waals surface area contributed by atoms with Gasteiger partial charge in [0.05, 0.1) is 5.69 Å². The summed E-state index contributed by atoms with van der Waals surface area (Å²) in [4.78, 5) is 48.7. The number of hydrogen-bond acceptors (Lipinski definition) is 9. The Morgan fingerprint density at radius 1 is 1.16 bits per heavy atom. The Morgan fingerprint density at radius 2 is 1.87 bits per heavy atom. The summed E-state index contributed by atoms with van der Waals surface area (Å²) in [6.07, 6.45) is 3.28. The number of aryl methyl sites for hydroxylation is 1. The summed E-state index contributed by atoms with van der Waals surface area (Å²) in [5, 5.41) is 2.56. The van der Waals surface area contributed by atoms with Gasteiger partial charge in [0.2, 0.25) is 11.8 Å². The number of ether oxygens (including phenoxy) is 2. The van der Waals surface area contributed by atoms with Crippen molar-refractivity contribution in [3.8, 4) is 11.6 Å². The van der Waals surface area contributed by atoms with Crippen molar-refractivity contribution < 1.29 is 32.5 Å². The van der Waals surface area contributed by atoms with Gasteiger partial charge in [0.25, 0.3) is 5.91 Å². The van der Waals surface area contributed by atoms with Crippen LogP contribution in [0.5, 0.6) is 11.6 Å². The highest BCUT2D eigenvalue weighted by atomic mass is 32.2. The Bertz CT molecular complexity index is 1540. The SMILES string of the molecule is Cc1nc(F)ccc1Oc1ncc(C=O)c(C)c1C(=O)Nc1ccnc(S(C)(=O)=NC(=O)OC(C)(C)C)c1. The fourth-order valence-electron chi connectivity index (χ4n) is 3.15. The lowest BCUT2D eigenvalue weighted by molar-refractivity contribution is 0.0607. The highest BCUT2D eigenvalue weighted by Crippen LogP contribution is 2.29. The minimum Gasteiger partial charge on any atom is -0.442 e. The molecule has 0 aliphatic carbocycles. The predicted octanol–water partition coefficient (Wildman–Crippen LogP) is 4.88. The van der Waals surface area contributed by atoms with Crippen LogP contribution in [0.4, 0.5) is 14.9 Å². The van der Waals surface area contributed by atoms with Crippen LogP contribution < -0.4 is 10.1 Å². The molecule has 3 rings (SSSR count). The molecular weight excluding hydrogens is 517 g/mol. The van der Waals surface area contributed by atoms with E-state index >= 15 is 0 Å². The molecular formula is C25H26FN5O6S. The van der Waals surface area contributed by atoms with Gasteiger partial charge in [0.15, 0.2) is 12.0 Å². The van der Waals surface area contributed by atoms with E-state index in [2.05, 4.69) is 24.6 Å². The zero-order chi connectivity index (χ0) is 28.3. The van der Waals surface area contributed by atoms with Gasteiger partial charge in [-0.3, -0.25) is 9.59 Å². The first kappa shape index (κ1) is 28.3. The molecule has 1 N–H and O–H groups in total. The van der Waals surface area contributed by atoms with Gasteiger partial charge < -0.3 is 14.8 Å². The molecule has 1 unspecified atom stereocenters. The van der Waals surface area contributed by atoms with E-state index in [-0.39, 0.29) is 44.7 Å². The van der Waals surface area contributed by atoms with Crippen LogP contribution in [0.15, 0.2) is 46.0 Å². The molecule has 0 radical (unpaired) electrons. The maximum absolute atomic E-state index is 13.4. The largest absolute Gasteiger partial charge is 0.442 e. The van der Waals surface area contributed by atoms with Crippen LogP contribution in [0.3, 0.4) is 0 Å². The summed E-state index contributed by atoms with van der Waals surface area (Å²) in [5.74, 6) is -1.39. The number of nitrogens with one attached hydrogen (secondary N) is 1. The molecule has 1 atom stereocenters. The molecule has 13 heteroatoms. The molecule has 0 saturated heterocycles. The van der Waals surface area contributed by atoms with Crippen molar-refractivity contribution in [2.75, 3.05) is 11.6 Å². The van der Waals surface area contributed by atoms with Crippen molar-refractivity contribution in [2.24, 2.45) is 4.36 Å². The van der Waals surface area contributed by atoms with Gasteiger partial charge >= 0.3 is 6.09 Å². The average Bonchev–Trinajstić information content (AvgIpc) is 2.79. The van der Waals surface area contributed by atoms with Gasteiger partial charge in [-0.1, -0.05) is 0 Å². The van der Waals surface area contributed by atoms with E-state index < -0.39 is 33.3 Å². The smallest absolute Gasteiger partial charge is 0.442 e. The molecule has 0 aliphatic rings. The lowest BCUT2D eigenvalue weighted by Crippen LogP contribution is -2.22. The minimum atomic E-state index is -3.31. The third-order valence-corrected chi connectivity index (χ3v) is 6.43. The normalized spacial score (nSPS) is 12.7. The third-order valence-electron chi connectivity index (χ3n) is 4.93. The van der Waals surface area contributed by atoms with E-state index in [1.807, 2.05) is 0 Å². The number of pyridine rings is 3. The zero-order valence-electron chi connectivity index (χ0n) is 21.6. The average molecular weight is 544 g/mol. The molecule has 3 aromatic rings. The standard InChI is InChI=1S/C25H26FN5O6S/c1-14-16(13-32)12-28-23(36-18-7-8-19(26)29-15(18)2)21(14)22(33)30-17-9-10-27-20(11-17)38(6,35)31-24(34)37-25(3,4)5/h7-13H,1-6H3,(H,27,30,33). The molecule has 0 aliphatic heterocycles. The number of anilines is 1. The lowest BCUT2D eigenvalue weighted by Gasteiger charge is -2.17. The molecule has 0 saturated carbocycles. The van der Waals surface area contributed by atoms with Crippen LogP contribution in [0.25, 0.3) is 0 Å². The van der Waals surface area contributed by atoms with E-state index in [1.54, 1.807) is 27.7 Å². The first-order valence-electron chi connectivity index (χ1n) is 11.2. The molecule has 0 bridgehead atoms. The van der Waals surface area contributed by atoms with Crippen LogP contribution in [-0.2, 0) is 14.5 Å². The molecule has 11 nitrogen and oxygen atoms in total. The fraction of sp³-hybridized carbons (Fsp3) is 0.280. The summed E-state index contributed by atoms with van der Waals surface area (Å²) in [7, 11) is -3.31. The van der Waals surface area contributed by atoms with Crippen molar-refractivity contribution in [3.63, 3.8) is 0 Å². The quantitative estimate of drug-likeness (QED) is 0.339. The molecule has 0 fully saturated rings. The first-order chi connectivity index (χ1) is 17.7. The zero-order valence-corrected chi connectivity index (χ0v) is 22.4. The predicted molar refractivity (Wildman–Crippen MR) is 137 cm³/mol. The Morgan fingerprint density at radius 3 is 2.50 bits per heavy atom. The molecule has 200 valence electrons. The summed E-state index contributed by atoms with van der Waals surface area (Å²) in [5.41, 5.74) is -0.0597. The Labute approximate surface area is 219 Å². The van der Waals surface area contributed by atoms with Gasteiger partial charge in [-0.05, 0) is 64.4 Å². The van der Waals surface area contributed by atoms with Crippen molar-refractivity contribution in [1.29, 1.82) is 0 Å². The number of nitrogens with zero attached hydrogens (tertiary/aromatic N) is 4. The van der Waals surface area contributed by atoms with E-state index in [4.69, 9.17) is 9.47 Å². The highest BCUT2D eigenvalue weighted by Gasteiger charge is 2.23. The van der Waals surface area contributed by atoms with Crippen LogP contribution in [-0.4, -0.2) is 49.3 Å². The van der Waals surface area contributed by atoms with E-state index in [9.17, 15) is 23.0 Å². The first-order valence-corrected chi connectivity index (χ1v) is 13.1. The Balaban J connectivity index is 1.96. The fourth-order valence-corrected chi connectivity index (χ4v) is 4.16. The maximum Gasteiger partial charge on any atom is 0.442 e. The summed E-state index contributed by atoms with van der Waals surface area (Å²) in [6, 6.07) is 5.17. The van der Waals surface area contributed by atoms with Gasteiger partial charge in [-0.15, -0.1) is 4.36 Å². The van der Waals surface area contributed by atoms with Crippen molar-refractivity contribution in [1.82, 2.24) is 15.0 Å². The Kier molecular flexibility index (Phi) is 8.20. The molecule has 0 spiro atoms. The van der Waals surface area contributed by atoms with E-state index in [0.717, 1.165) is 6.07 Å². The second-order valence-corrected chi connectivity index (χ2v) is 11.4. The Hall–Kier alpha value is -4.26. The summed E-state index contributed by atoms with van der Waals surface area (Å²) >= 11 is 0. The second-order valence-electron chi connectivity index (χ2n) is 9.17. The topological polar surface area (TPSA) is 150 Å². The molecule has 2 amide bonds. The van der Waals surface area contributed by atoms with Crippen LogP contribution in [0.2, 0.25) is 0 Å². The molecule has 38 heavy (non-hydrogen) atoms. The number of carbonyl (C=O) groups excluding carboxylic acids is 3. The van der Waals surface area contributed by atoms with Crippen molar-refractivity contribution in [2.45, 2.75) is 45.2 Å². The number of carbonyl (C=O) groups is 3. The van der Waals surface area contributed by atoms with Gasteiger partial charge in [0, 0.05) is 29.9 Å². The number of aromatic nitrogens is 3. The summed E-state index contributed by atoms with van der Waals surface area (Å²) < 4.78 is 41.0. The lowest BCUT2D eigenvalue weighted by atomic mass is 10.1. The van der Waals surface area contributed by atoms with Crippen molar-refractivity contribution in [3.05, 3.63) is 65.0 Å². The van der Waals surface area contributed by atoms with Crippen molar-refractivity contribution >= 4 is 33.7 Å². The van der Waals surface area contributed by atoms with E-state index in [1.165, 1.54) is 43.8 Å². The third kappa shape index (κ3) is 6.94. The van der Waals surface area contributed by atoms with Gasteiger partial charge in [-0.2, -0.15) is 4.39 Å². The number of hydrogen-bond donors (Lipinski definition) is 1. The minimum absolute atomic E-state index is 0.0626. The number of rotatable bonds is 6. The number of halogens is 1. The van der Waals surface area contributed by atoms with Crippen LogP contribution in [0, 0.1) is 19.8 Å². The maximum atomic E-state index is 13.4. The monoisotopic (exact) mass is 543 g/mol. The van der Waals surface area contributed by atoms with Crippen LogP contribution >= 0.6 is 0 Å². The highest BCUT2D eigenvalue weighted by molar-refractivity contribution is 7.93. The van der Waals surface area contributed by atoms with Gasteiger partial charge in [-0.25, -0.2) is 24.0 Å². The molecule has 0 aromatic carbocycles. The van der Waals surface area contributed by atoms with E-state index in [0.29, 0.717) is 6.29 Å². The second kappa shape index (κ2) is 11.0. The molecule has 3 aromatic heterocycles.